The Morgan fingerprint density at radius 2 is 1.73 bits per heavy atom. The summed E-state index contributed by atoms with van der Waals surface area (Å²) in [6.45, 7) is 2.00. The lowest BCUT2D eigenvalue weighted by Crippen LogP contribution is -2.11. The van der Waals surface area contributed by atoms with Crippen molar-refractivity contribution in [1.82, 2.24) is 4.98 Å². The first-order chi connectivity index (χ1) is 10.5. The molecule has 0 fully saturated rings. The highest BCUT2D eigenvalue weighted by molar-refractivity contribution is 7.89. The molecular weight excluding hydrogens is 300 g/mol. The molecule has 6 heteroatoms. The van der Waals surface area contributed by atoms with Crippen LogP contribution in [0.3, 0.4) is 0 Å². The number of hydrogen-bond donors (Lipinski definition) is 1. The summed E-state index contributed by atoms with van der Waals surface area (Å²) in [5, 5.41) is 5.10. The van der Waals surface area contributed by atoms with Crippen LogP contribution in [-0.2, 0) is 10.0 Å². The topological polar surface area (TPSA) is 86.2 Å². The van der Waals surface area contributed by atoms with E-state index in [0.29, 0.717) is 5.76 Å². The van der Waals surface area contributed by atoms with Crippen LogP contribution in [0.4, 0.5) is 0 Å². The third-order valence-electron chi connectivity index (χ3n) is 3.41. The summed E-state index contributed by atoms with van der Waals surface area (Å²) < 4.78 is 28.1. The van der Waals surface area contributed by atoms with Gasteiger partial charge in [-0.2, -0.15) is 0 Å². The van der Waals surface area contributed by atoms with Gasteiger partial charge in [0.15, 0.2) is 12.2 Å². The molecule has 3 rings (SSSR count). The number of nitrogens with two attached hydrogens (primary N) is 1. The molecule has 0 amide bonds. The number of primary sulfonamides is 1. The van der Waals surface area contributed by atoms with E-state index in [1.54, 1.807) is 12.1 Å². The van der Waals surface area contributed by atoms with Crippen molar-refractivity contribution < 1.29 is 12.8 Å². The minimum Gasteiger partial charge on any atom is -0.443 e. The van der Waals surface area contributed by atoms with Crippen LogP contribution in [0.5, 0.6) is 0 Å². The fraction of sp³-hybridized carbons (Fsp3) is 0.0625. The third-order valence-corrected chi connectivity index (χ3v) is 4.34. The Bertz CT molecular complexity index is 913. The largest absolute Gasteiger partial charge is 0.443 e. The summed E-state index contributed by atoms with van der Waals surface area (Å²) in [6.07, 6.45) is 1.38. The Balaban J connectivity index is 2.08. The summed E-state index contributed by atoms with van der Waals surface area (Å²) in [4.78, 5) is 4.35. The standard InChI is InChI=1S/C16H14N2O3S/c1-11-4-2-3-5-14(11)15-16(21-10-18-15)12-6-8-13(9-7-12)22(17,19)20/h2-10H,1H3,(H2,17,19,20). The van der Waals surface area contributed by atoms with Gasteiger partial charge in [0.05, 0.1) is 4.90 Å². The van der Waals surface area contributed by atoms with Gasteiger partial charge in [0.25, 0.3) is 0 Å². The number of rotatable bonds is 3. The van der Waals surface area contributed by atoms with Crippen LogP contribution >= 0.6 is 0 Å². The number of oxazole rings is 1. The maximum Gasteiger partial charge on any atom is 0.238 e. The molecule has 112 valence electrons. The number of aryl methyl sites for hydroxylation is 1. The fourth-order valence-electron chi connectivity index (χ4n) is 2.28. The molecule has 0 radical (unpaired) electrons. The van der Waals surface area contributed by atoms with Crippen LogP contribution in [0.15, 0.2) is 64.2 Å². The lowest BCUT2D eigenvalue weighted by molar-refractivity contribution is 0.572. The second-order valence-corrected chi connectivity index (χ2v) is 6.48. The van der Waals surface area contributed by atoms with Crippen LogP contribution in [0, 0.1) is 6.92 Å². The average molecular weight is 314 g/mol. The van der Waals surface area contributed by atoms with Gasteiger partial charge in [0.2, 0.25) is 10.0 Å². The molecule has 1 heterocycles. The van der Waals surface area contributed by atoms with E-state index in [-0.39, 0.29) is 4.90 Å². The van der Waals surface area contributed by atoms with Crippen molar-refractivity contribution in [3.05, 3.63) is 60.5 Å². The van der Waals surface area contributed by atoms with E-state index >= 15 is 0 Å². The van der Waals surface area contributed by atoms with Crippen molar-refractivity contribution >= 4 is 10.0 Å². The molecule has 0 atom stereocenters. The first kappa shape index (κ1) is 14.5. The number of hydrogen-bond acceptors (Lipinski definition) is 4. The lowest BCUT2D eigenvalue weighted by atomic mass is 10.0. The second kappa shape index (κ2) is 5.40. The molecular formula is C16H14N2O3S. The molecule has 0 aliphatic rings. The molecule has 0 saturated heterocycles. The molecule has 1 aromatic heterocycles. The van der Waals surface area contributed by atoms with E-state index in [2.05, 4.69) is 4.98 Å². The van der Waals surface area contributed by atoms with E-state index in [0.717, 1.165) is 22.4 Å². The molecule has 0 unspecified atom stereocenters. The molecule has 0 aliphatic heterocycles. The molecule has 22 heavy (non-hydrogen) atoms. The van der Waals surface area contributed by atoms with Gasteiger partial charge in [0, 0.05) is 11.1 Å². The Morgan fingerprint density at radius 1 is 1.05 bits per heavy atom. The Labute approximate surface area is 128 Å². The first-order valence-corrected chi connectivity index (χ1v) is 8.14. The molecule has 0 saturated carbocycles. The van der Waals surface area contributed by atoms with Crippen LogP contribution in [0.25, 0.3) is 22.6 Å². The smallest absolute Gasteiger partial charge is 0.238 e. The Kier molecular flexibility index (Phi) is 3.56. The normalized spacial score (nSPS) is 11.5. The summed E-state index contributed by atoms with van der Waals surface area (Å²) in [5.41, 5.74) is 3.52. The van der Waals surface area contributed by atoms with Gasteiger partial charge in [-0.25, -0.2) is 18.5 Å². The number of aromatic nitrogens is 1. The van der Waals surface area contributed by atoms with Crippen molar-refractivity contribution in [2.45, 2.75) is 11.8 Å². The molecule has 2 N–H and O–H groups in total. The quantitative estimate of drug-likeness (QED) is 0.805. The maximum atomic E-state index is 11.3. The van der Waals surface area contributed by atoms with E-state index in [9.17, 15) is 8.42 Å². The molecule has 5 nitrogen and oxygen atoms in total. The average Bonchev–Trinajstić information content (AvgIpc) is 2.96. The highest BCUT2D eigenvalue weighted by atomic mass is 32.2. The van der Waals surface area contributed by atoms with Gasteiger partial charge in [-0.3, -0.25) is 0 Å². The van der Waals surface area contributed by atoms with Crippen molar-refractivity contribution in [2.24, 2.45) is 5.14 Å². The van der Waals surface area contributed by atoms with Crippen LogP contribution in [-0.4, -0.2) is 13.4 Å². The maximum absolute atomic E-state index is 11.3. The van der Waals surface area contributed by atoms with Crippen molar-refractivity contribution in [1.29, 1.82) is 0 Å². The molecule has 0 spiro atoms. The van der Waals surface area contributed by atoms with E-state index < -0.39 is 10.0 Å². The SMILES string of the molecule is Cc1ccccc1-c1ncoc1-c1ccc(S(N)(=O)=O)cc1. The highest BCUT2D eigenvalue weighted by Crippen LogP contribution is 2.33. The zero-order valence-corrected chi connectivity index (χ0v) is 12.7. The van der Waals surface area contributed by atoms with Crippen LogP contribution in [0.1, 0.15) is 5.56 Å². The van der Waals surface area contributed by atoms with E-state index in [4.69, 9.17) is 9.56 Å². The van der Waals surface area contributed by atoms with Crippen LogP contribution < -0.4 is 5.14 Å². The lowest BCUT2D eigenvalue weighted by Gasteiger charge is -2.05. The minimum absolute atomic E-state index is 0.0632. The summed E-state index contributed by atoms with van der Waals surface area (Å²) in [5.74, 6) is 0.593. The number of benzene rings is 2. The van der Waals surface area contributed by atoms with Gasteiger partial charge >= 0.3 is 0 Å². The summed E-state index contributed by atoms with van der Waals surface area (Å²) in [7, 11) is -3.70. The molecule has 2 aromatic carbocycles. The molecule has 0 bridgehead atoms. The minimum atomic E-state index is -3.70. The van der Waals surface area contributed by atoms with Gasteiger partial charge in [-0.1, -0.05) is 24.3 Å². The first-order valence-electron chi connectivity index (χ1n) is 6.59. The molecule has 3 aromatic rings. The van der Waals surface area contributed by atoms with Crippen molar-refractivity contribution in [2.75, 3.05) is 0 Å². The summed E-state index contributed by atoms with van der Waals surface area (Å²) in [6, 6.07) is 14.1. The van der Waals surface area contributed by atoms with Gasteiger partial charge in [0.1, 0.15) is 5.69 Å². The van der Waals surface area contributed by atoms with Gasteiger partial charge in [-0.05, 0) is 36.8 Å². The number of sulfonamides is 1. The predicted octanol–water partition coefficient (Wildman–Crippen LogP) is 2.96. The molecule has 0 aliphatic carbocycles. The summed E-state index contributed by atoms with van der Waals surface area (Å²) >= 11 is 0. The van der Waals surface area contributed by atoms with Gasteiger partial charge < -0.3 is 4.42 Å². The van der Waals surface area contributed by atoms with Crippen molar-refractivity contribution in [3.63, 3.8) is 0 Å². The van der Waals surface area contributed by atoms with E-state index in [1.807, 2.05) is 31.2 Å². The van der Waals surface area contributed by atoms with Crippen LogP contribution in [0.2, 0.25) is 0 Å². The zero-order chi connectivity index (χ0) is 15.7. The predicted molar refractivity (Wildman–Crippen MR) is 83.5 cm³/mol. The Morgan fingerprint density at radius 3 is 2.36 bits per heavy atom. The van der Waals surface area contributed by atoms with Gasteiger partial charge in [-0.15, -0.1) is 0 Å². The zero-order valence-electron chi connectivity index (χ0n) is 11.9. The second-order valence-electron chi connectivity index (χ2n) is 4.91. The highest BCUT2D eigenvalue weighted by Gasteiger charge is 2.15. The van der Waals surface area contributed by atoms with E-state index in [1.165, 1.54) is 18.5 Å². The monoisotopic (exact) mass is 314 g/mol. The Hall–Kier alpha value is -2.44. The third kappa shape index (κ3) is 2.66. The number of nitrogens with zero attached hydrogens (tertiary/aromatic N) is 1. The fourth-order valence-corrected chi connectivity index (χ4v) is 2.79. The van der Waals surface area contributed by atoms with Crippen molar-refractivity contribution in [3.8, 4) is 22.6 Å².